The molecule has 0 aliphatic carbocycles. The van der Waals surface area contributed by atoms with Gasteiger partial charge in [-0.3, -0.25) is 9.48 Å². The fourth-order valence-electron chi connectivity index (χ4n) is 3.15. The summed E-state index contributed by atoms with van der Waals surface area (Å²) in [5, 5.41) is 8.24. The lowest BCUT2D eigenvalue weighted by Gasteiger charge is -2.13. The van der Waals surface area contributed by atoms with Gasteiger partial charge in [-0.15, -0.1) is 0 Å². The number of amides is 1. The Morgan fingerprint density at radius 1 is 1.39 bits per heavy atom. The lowest BCUT2D eigenvalue weighted by Crippen LogP contribution is -2.33. The van der Waals surface area contributed by atoms with Crippen molar-refractivity contribution in [3.63, 3.8) is 0 Å². The van der Waals surface area contributed by atoms with Gasteiger partial charge in [0.25, 0.3) is 5.91 Å². The van der Waals surface area contributed by atoms with E-state index in [4.69, 9.17) is 16.3 Å². The van der Waals surface area contributed by atoms with Crippen molar-refractivity contribution in [2.75, 3.05) is 6.61 Å². The summed E-state index contributed by atoms with van der Waals surface area (Å²) >= 11 is 7.49. The molecule has 0 spiro atoms. The van der Waals surface area contributed by atoms with Crippen LogP contribution in [0.5, 0.6) is 5.06 Å². The lowest BCUT2D eigenvalue weighted by atomic mass is 10.1. The molecule has 0 fully saturated rings. The highest BCUT2D eigenvalue weighted by molar-refractivity contribution is 7.16. The number of ether oxygens (including phenoxy) is 1. The number of halogens is 3. The van der Waals surface area contributed by atoms with Crippen molar-refractivity contribution >= 4 is 28.8 Å². The van der Waals surface area contributed by atoms with Crippen LogP contribution in [-0.2, 0) is 13.0 Å². The third-order valence-corrected chi connectivity index (χ3v) is 5.73. The first-order valence-corrected chi connectivity index (χ1v) is 9.85. The van der Waals surface area contributed by atoms with Gasteiger partial charge < -0.3 is 10.1 Å². The predicted molar refractivity (Wildman–Crippen MR) is 103 cm³/mol. The fraction of sp³-hybridized carbons (Fsp3) is 0.263. The maximum absolute atomic E-state index is 13.4. The molecule has 9 heteroatoms. The number of benzene rings is 1. The zero-order valence-electron chi connectivity index (χ0n) is 14.8. The van der Waals surface area contributed by atoms with Crippen LogP contribution in [0.2, 0.25) is 5.02 Å². The molecule has 1 unspecified atom stereocenters. The number of carbonyl (C=O) groups excluding carboxylic acids is 1. The minimum absolute atomic E-state index is 0.265. The summed E-state index contributed by atoms with van der Waals surface area (Å²) in [7, 11) is 0. The highest BCUT2D eigenvalue weighted by Crippen LogP contribution is 2.42. The van der Waals surface area contributed by atoms with Crippen molar-refractivity contribution < 1.29 is 18.3 Å². The normalized spacial score (nSPS) is 13.9. The van der Waals surface area contributed by atoms with Crippen LogP contribution in [0.25, 0.3) is 11.3 Å². The van der Waals surface area contributed by atoms with Gasteiger partial charge in [0, 0.05) is 6.04 Å². The van der Waals surface area contributed by atoms with Crippen molar-refractivity contribution in [1.82, 2.24) is 15.1 Å². The molecule has 0 bridgehead atoms. The van der Waals surface area contributed by atoms with Gasteiger partial charge >= 0.3 is 0 Å². The van der Waals surface area contributed by atoms with E-state index < -0.39 is 11.6 Å². The molecule has 0 saturated heterocycles. The Hall–Kier alpha value is -2.45. The first-order valence-electron chi connectivity index (χ1n) is 8.65. The minimum atomic E-state index is -0.899. The molecule has 28 heavy (non-hydrogen) atoms. The molecule has 1 N–H and O–H groups in total. The Kier molecular flexibility index (Phi) is 5.07. The van der Waals surface area contributed by atoms with E-state index in [0.717, 1.165) is 23.4 Å². The van der Waals surface area contributed by atoms with Crippen molar-refractivity contribution in [2.45, 2.75) is 25.9 Å². The average molecular weight is 424 g/mol. The molecular formula is C19H16ClF2N3O2S. The second-order valence-electron chi connectivity index (χ2n) is 6.55. The molecule has 1 aromatic carbocycles. The highest BCUT2D eigenvalue weighted by Gasteiger charge is 2.25. The first kappa shape index (κ1) is 18.9. The summed E-state index contributed by atoms with van der Waals surface area (Å²) in [5.74, 6) is -2.05. The van der Waals surface area contributed by atoms with Gasteiger partial charge in [0.05, 0.1) is 33.9 Å². The van der Waals surface area contributed by atoms with Gasteiger partial charge in [0.1, 0.15) is 6.61 Å². The second-order valence-corrected chi connectivity index (χ2v) is 7.97. The second kappa shape index (κ2) is 7.52. The average Bonchev–Trinajstić information content (AvgIpc) is 3.17. The monoisotopic (exact) mass is 423 g/mol. The number of nitrogens with one attached hydrogen (secondary N) is 1. The summed E-state index contributed by atoms with van der Waals surface area (Å²) in [6.07, 6.45) is 1.95. The molecule has 2 aromatic heterocycles. The van der Waals surface area contributed by atoms with Crippen LogP contribution in [0.3, 0.4) is 0 Å². The van der Waals surface area contributed by atoms with Gasteiger partial charge in [-0.1, -0.05) is 29.0 Å². The zero-order valence-corrected chi connectivity index (χ0v) is 16.4. The molecule has 3 heterocycles. The number of nitrogens with zero attached hydrogens (tertiary/aromatic N) is 2. The Morgan fingerprint density at radius 3 is 3.00 bits per heavy atom. The predicted octanol–water partition coefficient (Wildman–Crippen LogP) is 4.30. The number of rotatable bonds is 4. The fourth-order valence-corrected chi connectivity index (χ4v) is 4.33. The number of carbonyl (C=O) groups is 1. The van der Waals surface area contributed by atoms with Gasteiger partial charge in [-0.05, 0) is 37.1 Å². The molecule has 146 valence electrons. The van der Waals surface area contributed by atoms with Crippen molar-refractivity contribution in [3.8, 4) is 16.3 Å². The Labute approximate surface area is 168 Å². The standard InChI is InChI=1S/C19H16ClF2N3O2S/c1-10(6-11-2-3-14(21)15(22)7-11)24-18(26)16-8-12-17-13(20)9-23-25(17)4-5-27-19(12)28-16/h2-3,7-10H,4-6H2,1H3,(H,24,26). The van der Waals surface area contributed by atoms with Crippen LogP contribution in [0, 0.1) is 11.6 Å². The number of thiophene rings is 1. The first-order chi connectivity index (χ1) is 13.4. The lowest BCUT2D eigenvalue weighted by molar-refractivity contribution is 0.0944. The van der Waals surface area contributed by atoms with Crippen LogP contribution >= 0.6 is 22.9 Å². The van der Waals surface area contributed by atoms with E-state index in [1.807, 2.05) is 0 Å². The van der Waals surface area contributed by atoms with Gasteiger partial charge in [0.2, 0.25) is 0 Å². The Bertz CT molecular complexity index is 1050. The van der Waals surface area contributed by atoms with Crippen LogP contribution in [-0.4, -0.2) is 28.3 Å². The maximum Gasteiger partial charge on any atom is 0.261 e. The topological polar surface area (TPSA) is 56.1 Å². The number of hydrogen-bond acceptors (Lipinski definition) is 4. The van der Waals surface area contributed by atoms with Crippen molar-refractivity contribution in [3.05, 3.63) is 57.6 Å². The Balaban J connectivity index is 1.51. The van der Waals surface area contributed by atoms with Crippen LogP contribution in [0.4, 0.5) is 8.78 Å². The van der Waals surface area contributed by atoms with Crippen LogP contribution < -0.4 is 10.1 Å². The summed E-state index contributed by atoms with van der Waals surface area (Å²) in [5.41, 5.74) is 2.08. The van der Waals surface area contributed by atoms with Crippen molar-refractivity contribution in [1.29, 1.82) is 0 Å². The molecule has 1 amide bonds. The van der Waals surface area contributed by atoms with E-state index in [-0.39, 0.29) is 11.9 Å². The zero-order chi connectivity index (χ0) is 19.8. The highest BCUT2D eigenvalue weighted by atomic mass is 35.5. The number of hydrogen-bond donors (Lipinski definition) is 1. The number of aromatic nitrogens is 2. The Morgan fingerprint density at radius 2 is 2.21 bits per heavy atom. The van der Waals surface area contributed by atoms with Gasteiger partial charge in [-0.25, -0.2) is 8.78 Å². The van der Waals surface area contributed by atoms with Gasteiger partial charge in [-0.2, -0.15) is 5.10 Å². The van der Waals surface area contributed by atoms with E-state index in [0.29, 0.717) is 40.1 Å². The summed E-state index contributed by atoms with van der Waals surface area (Å²) in [6, 6.07) is 5.20. The third-order valence-electron chi connectivity index (χ3n) is 4.41. The van der Waals surface area contributed by atoms with Crippen LogP contribution in [0.1, 0.15) is 22.2 Å². The molecule has 0 radical (unpaired) electrons. The molecular weight excluding hydrogens is 408 g/mol. The third kappa shape index (κ3) is 3.62. The van der Waals surface area contributed by atoms with Crippen molar-refractivity contribution in [2.24, 2.45) is 0 Å². The molecule has 1 atom stereocenters. The van der Waals surface area contributed by atoms with Crippen LogP contribution in [0.15, 0.2) is 30.5 Å². The molecule has 5 nitrogen and oxygen atoms in total. The SMILES string of the molecule is CC(Cc1ccc(F)c(F)c1)NC(=O)c1cc2c(s1)OCCn1ncc(Cl)c1-2. The largest absolute Gasteiger partial charge is 0.481 e. The minimum Gasteiger partial charge on any atom is -0.481 e. The van der Waals surface area contributed by atoms with E-state index >= 15 is 0 Å². The maximum atomic E-state index is 13.4. The summed E-state index contributed by atoms with van der Waals surface area (Å²) < 4.78 is 33.9. The molecule has 1 aliphatic heterocycles. The smallest absolute Gasteiger partial charge is 0.261 e. The van der Waals surface area contributed by atoms with Gasteiger partial charge in [0.15, 0.2) is 16.7 Å². The van der Waals surface area contributed by atoms with E-state index in [1.165, 1.54) is 17.4 Å². The molecule has 1 aliphatic rings. The summed E-state index contributed by atoms with van der Waals surface area (Å²) in [6.45, 7) is 2.82. The quantitative estimate of drug-likeness (QED) is 0.680. The molecule has 4 rings (SSSR count). The summed E-state index contributed by atoms with van der Waals surface area (Å²) in [4.78, 5) is 13.1. The molecule has 3 aromatic rings. The molecule has 0 saturated carbocycles. The van der Waals surface area contributed by atoms with E-state index in [1.54, 1.807) is 23.9 Å². The van der Waals surface area contributed by atoms with E-state index in [9.17, 15) is 13.6 Å². The van der Waals surface area contributed by atoms with E-state index in [2.05, 4.69) is 10.4 Å². The number of fused-ring (bicyclic) bond motifs is 3.